The average Bonchev–Trinajstić information content (AvgIpc) is 3.05. The van der Waals surface area contributed by atoms with Crippen molar-refractivity contribution in [2.45, 2.75) is 27.2 Å². The zero-order valence-electron chi connectivity index (χ0n) is 17.2. The number of rotatable bonds is 6. The fourth-order valence-electron chi connectivity index (χ4n) is 3.13. The maximum absolute atomic E-state index is 13.4. The molecular formula is C22H28ClN3OS. The Bertz CT molecular complexity index is 968. The third-order valence-electron chi connectivity index (χ3n) is 4.70. The molecule has 0 radical (unpaired) electrons. The fraction of sp³-hybridized carbons (Fsp3) is 0.364. The van der Waals surface area contributed by atoms with Crippen LogP contribution in [-0.2, 0) is 0 Å². The number of hydrogen-bond donors (Lipinski definition) is 0. The second-order valence-electron chi connectivity index (χ2n) is 7.35. The molecule has 0 atom stereocenters. The topological polar surface area (TPSA) is 36.4 Å². The summed E-state index contributed by atoms with van der Waals surface area (Å²) in [7, 11) is 4.11. The van der Waals surface area contributed by atoms with Gasteiger partial charge < -0.3 is 4.90 Å². The second-order valence-corrected chi connectivity index (χ2v) is 8.36. The summed E-state index contributed by atoms with van der Waals surface area (Å²) in [5.41, 5.74) is 4.99. The van der Waals surface area contributed by atoms with Gasteiger partial charge >= 0.3 is 0 Å². The zero-order chi connectivity index (χ0) is 19.6. The number of carbonyl (C=O) groups excluding carboxylic acids is 1. The lowest BCUT2D eigenvalue weighted by molar-refractivity contribution is 0.0985. The summed E-state index contributed by atoms with van der Waals surface area (Å²) >= 11 is 1.59. The number of carbonyl (C=O) groups is 1. The molecule has 1 heterocycles. The van der Waals surface area contributed by atoms with E-state index >= 15 is 0 Å². The summed E-state index contributed by atoms with van der Waals surface area (Å²) in [6, 6.07) is 12.2. The molecule has 0 bridgehead atoms. The number of benzene rings is 2. The van der Waals surface area contributed by atoms with Crippen molar-refractivity contribution < 1.29 is 4.79 Å². The Labute approximate surface area is 177 Å². The lowest BCUT2D eigenvalue weighted by Gasteiger charge is -2.22. The summed E-state index contributed by atoms with van der Waals surface area (Å²) in [6.45, 7) is 7.67. The van der Waals surface area contributed by atoms with E-state index in [1.807, 2.05) is 43.0 Å². The first-order chi connectivity index (χ1) is 12.9. The molecule has 0 aliphatic rings. The van der Waals surface area contributed by atoms with E-state index in [9.17, 15) is 4.79 Å². The monoisotopic (exact) mass is 417 g/mol. The third-order valence-corrected chi connectivity index (χ3v) is 5.74. The van der Waals surface area contributed by atoms with Crippen LogP contribution < -0.4 is 4.90 Å². The van der Waals surface area contributed by atoms with E-state index in [1.165, 1.54) is 0 Å². The number of aryl methyl sites for hydroxylation is 3. The van der Waals surface area contributed by atoms with Crippen molar-refractivity contribution in [1.82, 2.24) is 9.88 Å². The molecule has 0 fully saturated rings. The van der Waals surface area contributed by atoms with Gasteiger partial charge in [0.2, 0.25) is 0 Å². The van der Waals surface area contributed by atoms with Crippen molar-refractivity contribution in [3.63, 3.8) is 0 Å². The minimum atomic E-state index is 0. The Hall–Kier alpha value is -1.95. The first-order valence-corrected chi connectivity index (χ1v) is 10.1. The second kappa shape index (κ2) is 9.50. The highest BCUT2D eigenvalue weighted by Gasteiger charge is 2.23. The van der Waals surface area contributed by atoms with E-state index in [0.29, 0.717) is 6.54 Å². The molecule has 0 N–H and O–H groups in total. The average molecular weight is 418 g/mol. The standard InChI is InChI=1S/C22H27N3OS.ClH/c1-15-10-11-16(2)18(14-15)21(26)25(13-7-12-24(4)5)22-23-20-17(3)8-6-9-19(20)27-22;/h6,8-11,14H,7,12-13H2,1-5H3;1H. The first-order valence-electron chi connectivity index (χ1n) is 9.27. The van der Waals surface area contributed by atoms with Crippen LogP contribution in [0.25, 0.3) is 10.2 Å². The largest absolute Gasteiger partial charge is 0.309 e. The van der Waals surface area contributed by atoms with Gasteiger partial charge in [-0.05, 0) is 71.1 Å². The lowest BCUT2D eigenvalue weighted by atomic mass is 10.0. The molecule has 0 saturated carbocycles. The number of fused-ring (bicyclic) bond motifs is 1. The number of thiazole rings is 1. The Morgan fingerprint density at radius 1 is 1.04 bits per heavy atom. The molecule has 4 nitrogen and oxygen atoms in total. The minimum Gasteiger partial charge on any atom is -0.309 e. The van der Waals surface area contributed by atoms with Crippen LogP contribution in [0, 0.1) is 20.8 Å². The number of amides is 1. The summed E-state index contributed by atoms with van der Waals surface area (Å²) in [5.74, 6) is 0.0339. The van der Waals surface area contributed by atoms with Gasteiger partial charge in [-0.3, -0.25) is 9.69 Å². The summed E-state index contributed by atoms with van der Waals surface area (Å²) in [6.07, 6.45) is 0.901. The third kappa shape index (κ3) is 4.90. The number of para-hydroxylation sites is 1. The number of aromatic nitrogens is 1. The van der Waals surface area contributed by atoms with Crippen molar-refractivity contribution >= 4 is 45.0 Å². The molecule has 0 aliphatic carbocycles. The summed E-state index contributed by atoms with van der Waals surface area (Å²) in [5, 5.41) is 0.781. The maximum Gasteiger partial charge on any atom is 0.260 e. The molecule has 3 aromatic rings. The van der Waals surface area contributed by atoms with Crippen LogP contribution in [0.15, 0.2) is 36.4 Å². The van der Waals surface area contributed by atoms with E-state index < -0.39 is 0 Å². The van der Waals surface area contributed by atoms with E-state index in [0.717, 1.165) is 50.6 Å². The van der Waals surface area contributed by atoms with Crippen LogP contribution in [0.1, 0.15) is 33.5 Å². The van der Waals surface area contributed by atoms with Crippen LogP contribution in [0.3, 0.4) is 0 Å². The van der Waals surface area contributed by atoms with Gasteiger partial charge in [-0.15, -0.1) is 12.4 Å². The van der Waals surface area contributed by atoms with E-state index in [-0.39, 0.29) is 18.3 Å². The number of anilines is 1. The van der Waals surface area contributed by atoms with Crippen LogP contribution in [0.5, 0.6) is 0 Å². The molecule has 0 spiro atoms. The first kappa shape index (κ1) is 22.3. The Balaban J connectivity index is 0.00000280. The van der Waals surface area contributed by atoms with Crippen LogP contribution in [0.2, 0.25) is 0 Å². The molecule has 0 saturated heterocycles. The van der Waals surface area contributed by atoms with Gasteiger partial charge in [-0.2, -0.15) is 0 Å². The van der Waals surface area contributed by atoms with Crippen LogP contribution in [0.4, 0.5) is 5.13 Å². The van der Waals surface area contributed by atoms with Crippen LogP contribution >= 0.6 is 23.7 Å². The molecule has 1 aromatic heterocycles. The van der Waals surface area contributed by atoms with Gasteiger partial charge in [0.1, 0.15) is 0 Å². The van der Waals surface area contributed by atoms with Crippen molar-refractivity contribution in [3.05, 3.63) is 58.7 Å². The van der Waals surface area contributed by atoms with Gasteiger partial charge in [0.25, 0.3) is 5.91 Å². The fourth-order valence-corrected chi connectivity index (χ4v) is 4.20. The molecule has 0 unspecified atom stereocenters. The quantitative estimate of drug-likeness (QED) is 0.550. The molecule has 0 aliphatic heterocycles. The smallest absolute Gasteiger partial charge is 0.260 e. The van der Waals surface area contributed by atoms with Crippen molar-refractivity contribution in [1.29, 1.82) is 0 Å². The number of halogens is 1. The van der Waals surface area contributed by atoms with Crippen molar-refractivity contribution in [2.24, 2.45) is 0 Å². The number of hydrogen-bond acceptors (Lipinski definition) is 4. The lowest BCUT2D eigenvalue weighted by Crippen LogP contribution is -2.34. The highest BCUT2D eigenvalue weighted by atomic mass is 35.5. The highest BCUT2D eigenvalue weighted by molar-refractivity contribution is 7.22. The SMILES string of the molecule is Cc1ccc(C)c(C(=O)N(CCCN(C)C)c2nc3c(C)cccc3s2)c1.Cl. The summed E-state index contributed by atoms with van der Waals surface area (Å²) in [4.78, 5) is 22.3. The van der Waals surface area contributed by atoms with Gasteiger partial charge in [0.05, 0.1) is 10.2 Å². The predicted octanol–water partition coefficient (Wildman–Crippen LogP) is 5.24. The maximum atomic E-state index is 13.4. The van der Waals surface area contributed by atoms with E-state index in [4.69, 9.17) is 4.98 Å². The summed E-state index contributed by atoms with van der Waals surface area (Å²) < 4.78 is 1.12. The molecular weight excluding hydrogens is 390 g/mol. The van der Waals surface area contributed by atoms with Crippen molar-refractivity contribution in [3.8, 4) is 0 Å². The molecule has 3 rings (SSSR count). The zero-order valence-corrected chi connectivity index (χ0v) is 18.8. The van der Waals surface area contributed by atoms with Gasteiger partial charge in [-0.25, -0.2) is 4.98 Å². The van der Waals surface area contributed by atoms with E-state index in [1.54, 1.807) is 11.3 Å². The molecule has 28 heavy (non-hydrogen) atoms. The number of nitrogens with zero attached hydrogens (tertiary/aromatic N) is 3. The normalized spacial score (nSPS) is 10.9. The Morgan fingerprint density at radius 2 is 1.79 bits per heavy atom. The minimum absolute atomic E-state index is 0. The predicted molar refractivity (Wildman–Crippen MR) is 122 cm³/mol. The van der Waals surface area contributed by atoms with Gasteiger partial charge in [-0.1, -0.05) is 41.2 Å². The molecule has 150 valence electrons. The molecule has 1 amide bonds. The van der Waals surface area contributed by atoms with Gasteiger partial charge in [0, 0.05) is 12.1 Å². The van der Waals surface area contributed by atoms with Crippen molar-refractivity contribution in [2.75, 3.05) is 32.1 Å². The highest BCUT2D eigenvalue weighted by Crippen LogP contribution is 2.32. The Morgan fingerprint density at radius 3 is 2.46 bits per heavy atom. The molecule has 2 aromatic carbocycles. The van der Waals surface area contributed by atoms with Gasteiger partial charge in [0.15, 0.2) is 5.13 Å². The molecule has 6 heteroatoms. The van der Waals surface area contributed by atoms with E-state index in [2.05, 4.69) is 38.1 Å². The Kier molecular flexibility index (Phi) is 7.58. The van der Waals surface area contributed by atoms with Crippen LogP contribution in [-0.4, -0.2) is 43.0 Å².